The molecule has 0 radical (unpaired) electrons. The number of hydrogen-bond acceptors (Lipinski definition) is 5. The number of esters is 1. The summed E-state index contributed by atoms with van der Waals surface area (Å²) in [6.07, 6.45) is 0. The monoisotopic (exact) mass is 223 g/mol. The van der Waals surface area contributed by atoms with E-state index in [0.29, 0.717) is 0 Å². The average Bonchev–Trinajstić information content (AvgIpc) is 2.16. The number of carbonyl (C=O) groups excluding carboxylic acids is 1. The molecular formula is C8H17NO4S. The van der Waals surface area contributed by atoms with Gasteiger partial charge in [-0.2, -0.15) is 0 Å². The molecule has 0 saturated heterocycles. The molecule has 1 N–H and O–H groups in total. The summed E-state index contributed by atoms with van der Waals surface area (Å²) in [5.41, 5.74) is 0. The van der Waals surface area contributed by atoms with Crippen LogP contribution in [0.1, 0.15) is 13.8 Å². The highest BCUT2D eigenvalue weighted by Crippen LogP contribution is 1.89. The van der Waals surface area contributed by atoms with Crippen LogP contribution in [0.3, 0.4) is 0 Å². The lowest BCUT2D eigenvalue weighted by atomic mass is 10.3. The summed E-state index contributed by atoms with van der Waals surface area (Å²) in [5.74, 6) is -0.217. The van der Waals surface area contributed by atoms with Crippen molar-refractivity contribution < 1.29 is 17.9 Å². The zero-order chi connectivity index (χ0) is 11.2. The van der Waals surface area contributed by atoms with Crippen molar-refractivity contribution in [1.29, 1.82) is 0 Å². The van der Waals surface area contributed by atoms with Crippen molar-refractivity contribution in [3.63, 3.8) is 0 Å². The van der Waals surface area contributed by atoms with Gasteiger partial charge in [-0.1, -0.05) is 6.92 Å². The van der Waals surface area contributed by atoms with Crippen LogP contribution in [-0.4, -0.2) is 45.6 Å². The second kappa shape index (κ2) is 5.98. The zero-order valence-corrected chi connectivity index (χ0v) is 9.56. The third-order valence-electron chi connectivity index (χ3n) is 1.86. The van der Waals surface area contributed by atoms with Crippen LogP contribution in [0.15, 0.2) is 0 Å². The maximum Gasteiger partial charge on any atom is 0.322 e. The summed E-state index contributed by atoms with van der Waals surface area (Å²) in [5, 5.41) is 2.77. The summed E-state index contributed by atoms with van der Waals surface area (Å²) < 4.78 is 26.6. The van der Waals surface area contributed by atoms with E-state index in [2.05, 4.69) is 10.1 Å². The molecule has 0 bridgehead atoms. The minimum atomic E-state index is -2.96. The van der Waals surface area contributed by atoms with Crippen LogP contribution < -0.4 is 5.32 Å². The van der Waals surface area contributed by atoms with Gasteiger partial charge in [0, 0.05) is 12.3 Å². The Morgan fingerprint density at radius 3 is 2.50 bits per heavy atom. The highest BCUT2D eigenvalue weighted by Gasteiger charge is 2.13. The molecule has 0 aliphatic heterocycles. The van der Waals surface area contributed by atoms with Crippen LogP contribution in [0.4, 0.5) is 0 Å². The minimum Gasteiger partial charge on any atom is -0.468 e. The van der Waals surface area contributed by atoms with Crippen molar-refractivity contribution in [2.24, 2.45) is 0 Å². The van der Waals surface area contributed by atoms with Gasteiger partial charge in [0.1, 0.15) is 6.04 Å². The van der Waals surface area contributed by atoms with E-state index in [4.69, 9.17) is 0 Å². The molecule has 0 amide bonds. The molecule has 1 atom stereocenters. The molecule has 6 heteroatoms. The number of nitrogens with one attached hydrogen (secondary N) is 1. The summed E-state index contributed by atoms with van der Waals surface area (Å²) in [6.45, 7) is 3.50. The lowest BCUT2D eigenvalue weighted by Gasteiger charge is -2.10. The van der Waals surface area contributed by atoms with Crippen LogP contribution in [-0.2, 0) is 19.4 Å². The Morgan fingerprint density at radius 1 is 1.50 bits per heavy atom. The molecule has 0 spiro atoms. The zero-order valence-electron chi connectivity index (χ0n) is 8.74. The third kappa shape index (κ3) is 5.18. The second-order valence-electron chi connectivity index (χ2n) is 2.94. The third-order valence-corrected chi connectivity index (χ3v) is 3.56. The molecule has 0 fully saturated rings. The molecule has 84 valence electrons. The van der Waals surface area contributed by atoms with E-state index in [0.717, 1.165) is 0 Å². The van der Waals surface area contributed by atoms with Crippen LogP contribution in [0.5, 0.6) is 0 Å². The van der Waals surface area contributed by atoms with Crippen molar-refractivity contribution in [2.75, 3.05) is 25.2 Å². The Hall–Kier alpha value is -0.620. The van der Waals surface area contributed by atoms with Gasteiger partial charge in [0.15, 0.2) is 9.84 Å². The van der Waals surface area contributed by atoms with Crippen molar-refractivity contribution in [3.05, 3.63) is 0 Å². The molecule has 0 saturated carbocycles. The normalized spacial score (nSPS) is 13.6. The van der Waals surface area contributed by atoms with Crippen molar-refractivity contribution >= 4 is 15.8 Å². The van der Waals surface area contributed by atoms with Gasteiger partial charge >= 0.3 is 5.97 Å². The highest BCUT2D eigenvalue weighted by molar-refractivity contribution is 7.91. The second-order valence-corrected chi connectivity index (χ2v) is 5.41. The van der Waals surface area contributed by atoms with Gasteiger partial charge in [0.2, 0.25) is 0 Å². The quantitative estimate of drug-likeness (QED) is 0.619. The Balaban J connectivity index is 3.81. The maximum atomic E-state index is 11.1. The number of carbonyl (C=O) groups is 1. The number of hydrogen-bond donors (Lipinski definition) is 1. The summed E-state index contributed by atoms with van der Waals surface area (Å²) >= 11 is 0. The molecule has 0 aliphatic rings. The van der Waals surface area contributed by atoms with Crippen molar-refractivity contribution in [2.45, 2.75) is 19.9 Å². The number of sulfone groups is 1. The Morgan fingerprint density at radius 2 is 2.07 bits per heavy atom. The molecule has 5 nitrogen and oxygen atoms in total. The summed E-state index contributed by atoms with van der Waals surface area (Å²) in [6, 6.07) is -0.466. The van der Waals surface area contributed by atoms with Gasteiger partial charge in [-0.3, -0.25) is 4.79 Å². The fourth-order valence-electron chi connectivity index (χ4n) is 0.835. The molecule has 0 aromatic carbocycles. The lowest BCUT2D eigenvalue weighted by Crippen LogP contribution is -2.37. The first-order valence-electron chi connectivity index (χ1n) is 4.44. The molecule has 0 aromatic heterocycles. The average molecular weight is 223 g/mol. The fraction of sp³-hybridized carbons (Fsp3) is 0.875. The van der Waals surface area contributed by atoms with E-state index >= 15 is 0 Å². The molecule has 0 aliphatic carbocycles. The predicted molar refractivity (Wildman–Crippen MR) is 53.8 cm³/mol. The number of methoxy groups -OCH3 is 1. The maximum absolute atomic E-state index is 11.1. The van der Waals surface area contributed by atoms with Crippen LogP contribution in [0, 0.1) is 0 Å². The van der Waals surface area contributed by atoms with Gasteiger partial charge in [0.05, 0.1) is 12.9 Å². The largest absolute Gasteiger partial charge is 0.468 e. The topological polar surface area (TPSA) is 72.5 Å². The fourth-order valence-corrected chi connectivity index (χ4v) is 1.55. The van der Waals surface area contributed by atoms with Crippen LogP contribution >= 0.6 is 0 Å². The minimum absolute atomic E-state index is 0.0465. The Kier molecular flexibility index (Phi) is 5.71. The standard InChI is InChI=1S/C8H17NO4S/c1-4-14(11,12)6-5-9-7(2)8(10)13-3/h7,9H,4-6H2,1-3H3. The smallest absolute Gasteiger partial charge is 0.322 e. The predicted octanol–water partition coefficient (Wildman–Crippen LogP) is -0.428. The van der Waals surface area contributed by atoms with Crippen molar-refractivity contribution in [1.82, 2.24) is 5.32 Å². The van der Waals surface area contributed by atoms with Gasteiger partial charge < -0.3 is 10.1 Å². The van der Waals surface area contributed by atoms with E-state index in [1.165, 1.54) is 7.11 Å². The van der Waals surface area contributed by atoms with E-state index < -0.39 is 15.9 Å². The van der Waals surface area contributed by atoms with E-state index in [-0.39, 0.29) is 24.0 Å². The van der Waals surface area contributed by atoms with Crippen LogP contribution in [0.25, 0.3) is 0 Å². The molecular weight excluding hydrogens is 206 g/mol. The van der Waals surface area contributed by atoms with Crippen molar-refractivity contribution in [3.8, 4) is 0 Å². The Bertz CT molecular complexity index is 273. The molecule has 0 heterocycles. The number of rotatable bonds is 6. The molecule has 0 rings (SSSR count). The Labute approximate surface area is 84.7 Å². The van der Waals surface area contributed by atoms with Crippen LogP contribution in [0.2, 0.25) is 0 Å². The van der Waals surface area contributed by atoms with E-state index in [1.54, 1.807) is 13.8 Å². The summed E-state index contributed by atoms with van der Waals surface area (Å²) in [7, 11) is -1.67. The highest BCUT2D eigenvalue weighted by atomic mass is 32.2. The summed E-state index contributed by atoms with van der Waals surface area (Å²) in [4.78, 5) is 10.9. The van der Waals surface area contributed by atoms with E-state index in [1.807, 2.05) is 0 Å². The van der Waals surface area contributed by atoms with Gasteiger partial charge in [0.25, 0.3) is 0 Å². The van der Waals surface area contributed by atoms with Gasteiger partial charge in [-0.05, 0) is 6.92 Å². The van der Waals surface area contributed by atoms with Gasteiger partial charge in [-0.25, -0.2) is 8.42 Å². The van der Waals surface area contributed by atoms with E-state index in [9.17, 15) is 13.2 Å². The van der Waals surface area contributed by atoms with Gasteiger partial charge in [-0.15, -0.1) is 0 Å². The lowest BCUT2D eigenvalue weighted by molar-refractivity contribution is -0.142. The first-order valence-corrected chi connectivity index (χ1v) is 6.26. The molecule has 1 unspecified atom stereocenters. The SMILES string of the molecule is CCS(=O)(=O)CCNC(C)C(=O)OC. The first kappa shape index (κ1) is 13.4. The first-order chi connectivity index (χ1) is 6.43. The molecule has 0 aromatic rings. The number of ether oxygens (including phenoxy) is 1. The molecule has 14 heavy (non-hydrogen) atoms.